The van der Waals surface area contributed by atoms with Crippen molar-refractivity contribution in [2.24, 2.45) is 5.73 Å². The van der Waals surface area contributed by atoms with Crippen molar-refractivity contribution in [1.82, 2.24) is 0 Å². The second-order valence-electron chi connectivity index (χ2n) is 3.89. The van der Waals surface area contributed by atoms with Gasteiger partial charge in [0.15, 0.2) is 0 Å². The highest BCUT2D eigenvalue weighted by Gasteiger charge is 2.05. The molecule has 0 bridgehead atoms. The summed E-state index contributed by atoms with van der Waals surface area (Å²) in [7, 11) is 0. The Balaban J connectivity index is 3.12. The minimum absolute atomic E-state index is 0.142. The summed E-state index contributed by atoms with van der Waals surface area (Å²) in [5.74, 6) is 0. The molecule has 0 spiro atoms. The molecule has 0 saturated heterocycles. The highest BCUT2D eigenvalue weighted by atomic mass is 14.6. The first-order valence-corrected chi connectivity index (χ1v) is 4.80. The van der Waals surface area contributed by atoms with Crippen LogP contribution in [0.1, 0.15) is 29.2 Å². The van der Waals surface area contributed by atoms with E-state index in [1.165, 1.54) is 11.1 Å². The van der Waals surface area contributed by atoms with Gasteiger partial charge in [-0.05, 0) is 49.9 Å². The summed E-state index contributed by atoms with van der Waals surface area (Å²) in [5.41, 5.74) is 9.94. The molecule has 1 aromatic carbocycles. The van der Waals surface area contributed by atoms with Gasteiger partial charge in [0, 0.05) is 6.04 Å². The van der Waals surface area contributed by atoms with Crippen LogP contribution in [-0.4, -0.2) is 6.04 Å². The summed E-state index contributed by atoms with van der Waals surface area (Å²) in [6.07, 6.45) is 0.834. The maximum absolute atomic E-state index is 8.89. The summed E-state index contributed by atoms with van der Waals surface area (Å²) in [6, 6.07) is 6.34. The average molecular weight is 188 g/mol. The van der Waals surface area contributed by atoms with Crippen molar-refractivity contribution >= 4 is 0 Å². The molecule has 0 aliphatic rings. The predicted octanol–water partition coefficient (Wildman–Crippen LogP) is 2.06. The number of aryl methyl sites for hydroxylation is 2. The quantitative estimate of drug-likeness (QED) is 0.772. The maximum atomic E-state index is 8.89. The van der Waals surface area contributed by atoms with Gasteiger partial charge in [0.1, 0.15) is 0 Å². The number of rotatable bonds is 2. The standard InChI is InChI=1S/C12H16N2/c1-8-4-9(2)12(7-13)6-11(8)5-10(3)14/h4,6,10H,5,14H2,1-3H3. The Bertz CT molecular complexity index is 373. The topological polar surface area (TPSA) is 49.8 Å². The average Bonchev–Trinajstić information content (AvgIpc) is 2.09. The van der Waals surface area contributed by atoms with Crippen molar-refractivity contribution in [2.75, 3.05) is 0 Å². The van der Waals surface area contributed by atoms with Crippen LogP contribution in [0, 0.1) is 25.2 Å². The van der Waals surface area contributed by atoms with Crippen LogP contribution in [0.5, 0.6) is 0 Å². The Morgan fingerprint density at radius 3 is 2.50 bits per heavy atom. The van der Waals surface area contributed by atoms with Crippen LogP contribution >= 0.6 is 0 Å². The fraction of sp³-hybridized carbons (Fsp3) is 0.417. The van der Waals surface area contributed by atoms with Gasteiger partial charge in [0.25, 0.3) is 0 Å². The van der Waals surface area contributed by atoms with E-state index in [-0.39, 0.29) is 6.04 Å². The Labute approximate surface area is 85.4 Å². The van der Waals surface area contributed by atoms with E-state index in [9.17, 15) is 0 Å². The van der Waals surface area contributed by atoms with Crippen LogP contribution < -0.4 is 5.73 Å². The summed E-state index contributed by atoms with van der Waals surface area (Å²) in [6.45, 7) is 6.00. The first-order valence-electron chi connectivity index (χ1n) is 4.80. The monoisotopic (exact) mass is 188 g/mol. The van der Waals surface area contributed by atoms with Crippen molar-refractivity contribution < 1.29 is 0 Å². The molecule has 0 aliphatic heterocycles. The van der Waals surface area contributed by atoms with Gasteiger partial charge in [0.2, 0.25) is 0 Å². The van der Waals surface area contributed by atoms with Crippen LogP contribution in [0.25, 0.3) is 0 Å². The molecule has 0 aromatic heterocycles. The molecule has 2 heteroatoms. The summed E-state index contributed by atoms with van der Waals surface area (Å²) in [5, 5.41) is 8.89. The fourth-order valence-electron chi connectivity index (χ4n) is 1.58. The lowest BCUT2D eigenvalue weighted by Gasteiger charge is -2.10. The minimum Gasteiger partial charge on any atom is -0.328 e. The van der Waals surface area contributed by atoms with E-state index in [4.69, 9.17) is 11.0 Å². The molecule has 1 rings (SSSR count). The lowest BCUT2D eigenvalue weighted by atomic mass is 9.96. The van der Waals surface area contributed by atoms with Crippen LogP contribution in [0.4, 0.5) is 0 Å². The van der Waals surface area contributed by atoms with Gasteiger partial charge in [-0.3, -0.25) is 0 Å². The zero-order valence-electron chi connectivity index (χ0n) is 8.96. The summed E-state index contributed by atoms with van der Waals surface area (Å²) >= 11 is 0. The molecular formula is C12H16N2. The molecule has 1 atom stereocenters. The molecule has 0 fully saturated rings. The van der Waals surface area contributed by atoms with Gasteiger partial charge in [-0.25, -0.2) is 0 Å². The van der Waals surface area contributed by atoms with E-state index in [2.05, 4.69) is 19.1 Å². The summed E-state index contributed by atoms with van der Waals surface area (Å²) in [4.78, 5) is 0. The molecule has 2 N–H and O–H groups in total. The second-order valence-corrected chi connectivity index (χ2v) is 3.89. The van der Waals surface area contributed by atoms with E-state index in [1.54, 1.807) is 0 Å². The molecule has 0 radical (unpaired) electrons. The number of nitrogens with zero attached hydrogens (tertiary/aromatic N) is 1. The maximum Gasteiger partial charge on any atom is 0.0994 e. The van der Waals surface area contributed by atoms with E-state index < -0.39 is 0 Å². The normalized spacial score (nSPS) is 12.2. The Kier molecular flexibility index (Phi) is 3.27. The molecule has 0 heterocycles. The number of hydrogen-bond acceptors (Lipinski definition) is 2. The highest BCUT2D eigenvalue weighted by molar-refractivity contribution is 5.43. The third-order valence-corrected chi connectivity index (χ3v) is 2.35. The number of benzene rings is 1. The Morgan fingerprint density at radius 1 is 1.36 bits per heavy atom. The van der Waals surface area contributed by atoms with Gasteiger partial charge in [-0.15, -0.1) is 0 Å². The van der Waals surface area contributed by atoms with Gasteiger partial charge >= 0.3 is 0 Å². The number of nitriles is 1. The van der Waals surface area contributed by atoms with E-state index in [0.29, 0.717) is 0 Å². The minimum atomic E-state index is 0.142. The van der Waals surface area contributed by atoms with Gasteiger partial charge in [0.05, 0.1) is 11.6 Å². The Hall–Kier alpha value is -1.33. The number of hydrogen-bond donors (Lipinski definition) is 1. The highest BCUT2D eigenvalue weighted by Crippen LogP contribution is 2.16. The van der Waals surface area contributed by atoms with Crippen molar-refractivity contribution in [3.05, 3.63) is 34.4 Å². The van der Waals surface area contributed by atoms with Crippen molar-refractivity contribution in [3.63, 3.8) is 0 Å². The molecule has 0 saturated carbocycles. The first kappa shape index (κ1) is 10.7. The predicted molar refractivity (Wildman–Crippen MR) is 58.0 cm³/mol. The molecule has 74 valence electrons. The van der Waals surface area contributed by atoms with E-state index >= 15 is 0 Å². The lowest BCUT2D eigenvalue weighted by Crippen LogP contribution is -2.18. The van der Waals surface area contributed by atoms with Crippen molar-refractivity contribution in [2.45, 2.75) is 33.2 Å². The van der Waals surface area contributed by atoms with Crippen LogP contribution in [-0.2, 0) is 6.42 Å². The molecule has 1 aromatic rings. The van der Waals surface area contributed by atoms with Gasteiger partial charge < -0.3 is 5.73 Å². The van der Waals surface area contributed by atoms with Crippen LogP contribution in [0.15, 0.2) is 12.1 Å². The zero-order chi connectivity index (χ0) is 10.7. The third kappa shape index (κ3) is 2.34. The van der Waals surface area contributed by atoms with Crippen molar-refractivity contribution in [1.29, 1.82) is 5.26 Å². The van der Waals surface area contributed by atoms with Crippen LogP contribution in [0.2, 0.25) is 0 Å². The molecular weight excluding hydrogens is 172 g/mol. The summed E-state index contributed by atoms with van der Waals surface area (Å²) < 4.78 is 0. The van der Waals surface area contributed by atoms with E-state index in [0.717, 1.165) is 17.5 Å². The van der Waals surface area contributed by atoms with E-state index in [1.807, 2.05) is 19.9 Å². The SMILES string of the molecule is Cc1cc(C)c(CC(C)N)cc1C#N. The van der Waals surface area contributed by atoms with Crippen LogP contribution in [0.3, 0.4) is 0 Å². The zero-order valence-corrected chi connectivity index (χ0v) is 8.96. The first-order chi connectivity index (χ1) is 6.54. The second kappa shape index (κ2) is 4.26. The Morgan fingerprint density at radius 2 is 2.00 bits per heavy atom. The smallest absolute Gasteiger partial charge is 0.0994 e. The largest absolute Gasteiger partial charge is 0.328 e. The third-order valence-electron chi connectivity index (χ3n) is 2.35. The fourth-order valence-corrected chi connectivity index (χ4v) is 1.58. The molecule has 2 nitrogen and oxygen atoms in total. The van der Waals surface area contributed by atoms with Crippen molar-refractivity contribution in [3.8, 4) is 6.07 Å². The molecule has 1 unspecified atom stereocenters. The lowest BCUT2D eigenvalue weighted by molar-refractivity contribution is 0.734. The molecule has 0 amide bonds. The van der Waals surface area contributed by atoms with Gasteiger partial charge in [-0.1, -0.05) is 6.07 Å². The van der Waals surface area contributed by atoms with Gasteiger partial charge in [-0.2, -0.15) is 5.26 Å². The molecule has 0 aliphatic carbocycles. The molecule has 14 heavy (non-hydrogen) atoms. The number of nitrogens with two attached hydrogens (primary N) is 1.